The van der Waals surface area contributed by atoms with Gasteiger partial charge in [0.15, 0.2) is 6.23 Å². The molecule has 0 amide bonds. The number of nitrogens with two attached hydrogens (primary N) is 1. The molecule has 0 saturated carbocycles. The predicted molar refractivity (Wildman–Crippen MR) is 122 cm³/mol. The molecule has 6 atom stereocenters. The van der Waals surface area contributed by atoms with Crippen LogP contribution in [0.25, 0.3) is 11.0 Å². The Labute approximate surface area is 200 Å². The number of anilines is 1. The van der Waals surface area contributed by atoms with Crippen molar-refractivity contribution < 1.29 is 33.1 Å². The number of hydrogen-bond donors (Lipinski definition) is 3. The van der Waals surface area contributed by atoms with Gasteiger partial charge in [0.2, 0.25) is 0 Å². The van der Waals surface area contributed by atoms with E-state index in [2.05, 4.69) is 9.97 Å². The number of ether oxygens (including phenoxy) is 1. The number of nitrogens with zero attached hydrogens (tertiary/aromatic N) is 3. The van der Waals surface area contributed by atoms with Crippen LogP contribution in [-0.2, 0) is 22.9 Å². The van der Waals surface area contributed by atoms with E-state index in [9.17, 15) is 14.8 Å². The molecule has 4 heterocycles. The molecular weight excluding hydrogens is 487 g/mol. The average Bonchev–Trinajstić information content (AvgIpc) is 3.32. The molecule has 0 radical (unpaired) electrons. The minimum atomic E-state index is -3.96. The maximum Gasteiger partial charge on any atom is 0.475 e. The maximum absolute atomic E-state index is 13.1. The van der Waals surface area contributed by atoms with Crippen LogP contribution in [0.2, 0.25) is 5.02 Å². The van der Waals surface area contributed by atoms with Crippen LogP contribution in [-0.4, -0.2) is 55.8 Å². The molecule has 1 aromatic carbocycles. The number of rotatable bonds is 5. The minimum Gasteiger partial charge on any atom is -0.387 e. The Morgan fingerprint density at radius 3 is 3.00 bits per heavy atom. The molecule has 2 aliphatic heterocycles. The lowest BCUT2D eigenvalue weighted by Crippen LogP contribution is -2.44. The highest BCUT2D eigenvalue weighted by Gasteiger charge is 2.54. The number of halogens is 1. The van der Waals surface area contributed by atoms with E-state index in [1.54, 1.807) is 35.0 Å². The highest BCUT2D eigenvalue weighted by molar-refractivity contribution is 7.48. The van der Waals surface area contributed by atoms with Crippen LogP contribution in [0.1, 0.15) is 31.2 Å². The van der Waals surface area contributed by atoms with E-state index in [-0.39, 0.29) is 19.0 Å². The second kappa shape index (κ2) is 8.85. The molecule has 0 bridgehead atoms. The normalized spacial score (nSPS) is 34.0. The number of aliphatic hydroxyl groups excluding tert-OH is 1. The number of hydrogen-bond acceptors (Lipinski definition) is 10. The van der Waals surface area contributed by atoms with E-state index in [4.69, 9.17) is 35.6 Å². The van der Waals surface area contributed by atoms with Crippen molar-refractivity contribution in [2.45, 2.75) is 43.5 Å². The monoisotopic (exact) mass is 510 g/mol. The third-order valence-corrected chi connectivity index (χ3v) is 7.76. The molecule has 2 saturated heterocycles. The lowest BCUT2D eigenvalue weighted by Gasteiger charge is -2.30. The highest BCUT2D eigenvalue weighted by Crippen LogP contribution is 2.57. The molecule has 4 N–H and O–H groups in total. The molecule has 5 rings (SSSR count). The number of aromatic nitrogens is 3. The number of phosphoric acid groups is 1. The average molecular weight is 511 g/mol. The quantitative estimate of drug-likeness (QED) is 0.437. The van der Waals surface area contributed by atoms with Crippen molar-refractivity contribution in [2.75, 3.05) is 18.9 Å². The Hall–Kier alpha value is -2.08. The molecule has 2 aliphatic rings. The highest BCUT2D eigenvalue weighted by atomic mass is 35.5. The SMILES string of the molecule is C[C@@]1(O)[C@H](O)C(CO[P@]2(=O)OCC[C@H](c3cccc(Cl)c3)O2)O[C@H]1n1ccc2c(N)ncnc21. The van der Waals surface area contributed by atoms with Crippen molar-refractivity contribution in [3.8, 4) is 0 Å². The molecule has 0 spiro atoms. The zero-order chi connectivity index (χ0) is 24.1. The maximum atomic E-state index is 13.1. The molecule has 2 aromatic heterocycles. The van der Waals surface area contributed by atoms with Crippen LogP contribution in [0.5, 0.6) is 0 Å². The summed E-state index contributed by atoms with van der Waals surface area (Å²) in [6.07, 6.45) is -0.532. The molecule has 13 heteroatoms. The summed E-state index contributed by atoms with van der Waals surface area (Å²) < 4.78 is 37.1. The van der Waals surface area contributed by atoms with E-state index in [1.165, 1.54) is 13.3 Å². The summed E-state index contributed by atoms with van der Waals surface area (Å²) in [6, 6.07) is 8.74. The van der Waals surface area contributed by atoms with E-state index in [1.807, 2.05) is 6.07 Å². The fourth-order valence-corrected chi connectivity index (χ4v) is 5.83. The van der Waals surface area contributed by atoms with Gasteiger partial charge in [0, 0.05) is 17.6 Å². The van der Waals surface area contributed by atoms with E-state index in [0.717, 1.165) is 5.56 Å². The van der Waals surface area contributed by atoms with Gasteiger partial charge < -0.3 is 25.3 Å². The summed E-state index contributed by atoms with van der Waals surface area (Å²) >= 11 is 6.05. The van der Waals surface area contributed by atoms with Gasteiger partial charge in [-0.3, -0.25) is 13.6 Å². The summed E-state index contributed by atoms with van der Waals surface area (Å²) in [5, 5.41) is 22.9. The van der Waals surface area contributed by atoms with Gasteiger partial charge in [-0.05, 0) is 30.7 Å². The summed E-state index contributed by atoms with van der Waals surface area (Å²) in [5.74, 6) is 0.278. The summed E-state index contributed by atoms with van der Waals surface area (Å²) in [5.41, 5.74) is 5.36. The van der Waals surface area contributed by atoms with Crippen LogP contribution >= 0.6 is 19.4 Å². The number of benzene rings is 1. The number of phosphoric ester groups is 1. The second-order valence-electron chi connectivity index (χ2n) is 8.43. The largest absolute Gasteiger partial charge is 0.475 e. The minimum absolute atomic E-state index is 0.152. The molecular formula is C21H24ClN4O7P. The number of nitrogen functional groups attached to an aromatic ring is 1. The van der Waals surface area contributed by atoms with Crippen molar-refractivity contribution in [1.29, 1.82) is 0 Å². The van der Waals surface area contributed by atoms with Gasteiger partial charge in [0.05, 0.1) is 24.7 Å². The number of aliphatic hydroxyl groups is 2. The summed E-state index contributed by atoms with van der Waals surface area (Å²) in [7, 11) is -3.96. The zero-order valence-electron chi connectivity index (χ0n) is 18.2. The van der Waals surface area contributed by atoms with Gasteiger partial charge in [-0.2, -0.15) is 0 Å². The second-order valence-corrected chi connectivity index (χ2v) is 10.5. The van der Waals surface area contributed by atoms with Crippen molar-refractivity contribution in [2.24, 2.45) is 0 Å². The van der Waals surface area contributed by atoms with Gasteiger partial charge in [-0.1, -0.05) is 23.7 Å². The Kier molecular flexibility index (Phi) is 6.16. The van der Waals surface area contributed by atoms with Gasteiger partial charge >= 0.3 is 7.82 Å². The van der Waals surface area contributed by atoms with Crippen LogP contribution in [0.4, 0.5) is 5.82 Å². The van der Waals surface area contributed by atoms with Crippen molar-refractivity contribution >= 4 is 36.3 Å². The van der Waals surface area contributed by atoms with Gasteiger partial charge in [-0.15, -0.1) is 0 Å². The predicted octanol–water partition coefficient (Wildman–Crippen LogP) is 2.98. The summed E-state index contributed by atoms with van der Waals surface area (Å²) in [6.45, 7) is 1.24. The molecule has 0 aliphatic carbocycles. The number of fused-ring (bicyclic) bond motifs is 1. The van der Waals surface area contributed by atoms with E-state index < -0.39 is 38.0 Å². The third-order valence-electron chi connectivity index (χ3n) is 6.05. The van der Waals surface area contributed by atoms with Gasteiger partial charge in [0.1, 0.15) is 35.6 Å². The van der Waals surface area contributed by atoms with Crippen molar-refractivity contribution in [3.63, 3.8) is 0 Å². The molecule has 2 fully saturated rings. The Morgan fingerprint density at radius 1 is 1.38 bits per heavy atom. The Bertz CT molecular complexity index is 1250. The molecule has 182 valence electrons. The first kappa shape index (κ1) is 23.7. The topological polar surface area (TPSA) is 151 Å². The first-order chi connectivity index (χ1) is 16.2. The fourth-order valence-electron chi connectivity index (χ4n) is 4.23. The Balaban J connectivity index is 1.31. The first-order valence-electron chi connectivity index (χ1n) is 10.6. The fraction of sp³-hybridized carbons (Fsp3) is 0.429. The standard InChI is InChI=1S/C21H24ClN4O7P/c1-21(28)17(27)16(32-20(21)26-7-5-14-18(23)24-11-25-19(14)26)10-31-34(29)30-8-6-15(33-34)12-3-2-4-13(22)9-12/h2-5,7,9,11,15-17,20,27-28H,6,8,10H2,1H3,(H2,23,24,25)/t15-,16?,17-,20-,21-,34+/m1/s1. The van der Waals surface area contributed by atoms with Crippen LogP contribution < -0.4 is 5.73 Å². The third kappa shape index (κ3) is 4.23. The molecule has 11 nitrogen and oxygen atoms in total. The zero-order valence-corrected chi connectivity index (χ0v) is 19.8. The molecule has 1 unspecified atom stereocenters. The smallest absolute Gasteiger partial charge is 0.387 e. The van der Waals surface area contributed by atoms with E-state index in [0.29, 0.717) is 22.5 Å². The van der Waals surface area contributed by atoms with Gasteiger partial charge in [0.25, 0.3) is 0 Å². The molecule has 3 aromatic rings. The summed E-state index contributed by atoms with van der Waals surface area (Å²) in [4.78, 5) is 8.16. The van der Waals surface area contributed by atoms with Gasteiger partial charge in [-0.25, -0.2) is 14.5 Å². The van der Waals surface area contributed by atoms with Crippen LogP contribution in [0.15, 0.2) is 42.9 Å². The Morgan fingerprint density at radius 2 is 2.21 bits per heavy atom. The van der Waals surface area contributed by atoms with Crippen molar-refractivity contribution in [3.05, 3.63) is 53.4 Å². The van der Waals surface area contributed by atoms with E-state index >= 15 is 0 Å². The van der Waals surface area contributed by atoms with Crippen LogP contribution in [0, 0.1) is 0 Å². The lowest BCUT2D eigenvalue weighted by molar-refractivity contribution is -0.0950. The molecule has 34 heavy (non-hydrogen) atoms. The van der Waals surface area contributed by atoms with Crippen LogP contribution in [0.3, 0.4) is 0 Å². The first-order valence-corrected chi connectivity index (χ1v) is 12.5. The lowest BCUT2D eigenvalue weighted by atomic mass is 9.96. The van der Waals surface area contributed by atoms with Crippen molar-refractivity contribution in [1.82, 2.24) is 14.5 Å².